The van der Waals surface area contributed by atoms with Gasteiger partial charge in [0.1, 0.15) is 41.3 Å². The summed E-state index contributed by atoms with van der Waals surface area (Å²) >= 11 is 9.77. The van der Waals surface area contributed by atoms with Crippen LogP contribution in [0.1, 0.15) is 58.4 Å². The lowest BCUT2D eigenvalue weighted by Crippen LogP contribution is -2.63. The van der Waals surface area contributed by atoms with Crippen LogP contribution < -0.4 is 14.4 Å². The molecule has 1 aromatic carbocycles. The summed E-state index contributed by atoms with van der Waals surface area (Å²) in [4.78, 5) is 27.1. The molecule has 5 aliphatic heterocycles. The summed E-state index contributed by atoms with van der Waals surface area (Å²) < 4.78 is 83.0. The first kappa shape index (κ1) is 23.3. The van der Waals surface area contributed by atoms with Crippen molar-refractivity contribution < 1.29 is 33.3 Å². The van der Waals surface area contributed by atoms with Crippen LogP contribution >= 0.6 is 27.5 Å². The van der Waals surface area contributed by atoms with Crippen molar-refractivity contribution in [2.75, 3.05) is 37.7 Å². The number of amides is 1. The molecule has 0 spiro atoms. The second-order valence-corrected chi connectivity index (χ2v) is 13.5. The van der Waals surface area contributed by atoms with Crippen LogP contribution in [-0.4, -0.2) is 94.1 Å². The van der Waals surface area contributed by atoms with Crippen molar-refractivity contribution in [1.29, 1.82) is 0 Å². The monoisotopic (exact) mass is 659 g/mol. The number of anilines is 1. The second-order valence-electron chi connectivity index (χ2n) is 12.3. The lowest BCUT2D eigenvalue weighted by atomic mass is 9.95. The zero-order chi connectivity index (χ0) is 32.4. The molecular weight excluding hydrogens is 624 g/mol. The number of hydrogen-bond donors (Lipinski definition) is 0. The molecule has 9 nitrogen and oxygen atoms in total. The van der Waals surface area contributed by atoms with E-state index in [2.05, 4.69) is 25.9 Å². The smallest absolute Gasteiger partial charge is 0.410 e. The molecular formula is C28H33BrClF2N5O4. The van der Waals surface area contributed by atoms with Crippen LogP contribution in [0.25, 0.3) is 10.9 Å². The normalized spacial score (nSPS) is 33.7. The molecule has 0 unspecified atom stereocenters. The van der Waals surface area contributed by atoms with E-state index in [1.54, 1.807) is 25.7 Å². The van der Waals surface area contributed by atoms with E-state index < -0.39 is 54.3 Å². The number of alkyl halides is 1. The molecule has 2 bridgehead atoms. The molecule has 0 N–H and O–H groups in total. The molecule has 41 heavy (non-hydrogen) atoms. The maximum atomic E-state index is 15.9. The molecule has 222 valence electrons. The fourth-order valence-corrected chi connectivity index (χ4v) is 7.50. The maximum absolute atomic E-state index is 15.9. The van der Waals surface area contributed by atoms with E-state index in [-0.39, 0.29) is 76.5 Å². The number of aromatic nitrogens is 2. The standard InChI is InChI=1S/C28H33BrClF2N5O4/c1-27(2,3)41-26(38)37-15-5-6-16(37)17-12-39-23-18-22(21(32)19(29)20(23)30)33-25(34-24(18)36(17)11-15)40-13-28-7-4-8-35(28)10-14(31)9-28/h14-17H,4-13H2,1-3H3/t14-,15-,16+,17-,28+/m1/s1/i8D2,13D2. The minimum absolute atomic E-state index is 0.000423. The third kappa shape index (κ3) is 4.42. The van der Waals surface area contributed by atoms with E-state index in [0.29, 0.717) is 19.4 Å². The molecule has 0 saturated carbocycles. The van der Waals surface area contributed by atoms with Gasteiger partial charge in [-0.3, -0.25) is 9.80 Å². The second kappa shape index (κ2) is 9.67. The summed E-state index contributed by atoms with van der Waals surface area (Å²) in [6.45, 7) is 0.963. The highest BCUT2D eigenvalue weighted by Crippen LogP contribution is 2.49. The van der Waals surface area contributed by atoms with Crippen molar-refractivity contribution in [2.24, 2.45) is 0 Å². The Balaban J connectivity index is 1.32. The number of hydrogen-bond acceptors (Lipinski definition) is 8. The average Bonchev–Trinajstić information content (AvgIpc) is 3.50. The van der Waals surface area contributed by atoms with Crippen LogP contribution in [0, 0.1) is 5.82 Å². The maximum Gasteiger partial charge on any atom is 0.410 e. The highest BCUT2D eigenvalue weighted by Gasteiger charge is 2.52. The van der Waals surface area contributed by atoms with Crippen molar-refractivity contribution in [2.45, 2.75) is 88.3 Å². The van der Waals surface area contributed by atoms with Crippen LogP contribution in [0.2, 0.25) is 5.02 Å². The fourth-order valence-electron chi connectivity index (χ4n) is 6.90. The molecule has 6 heterocycles. The Morgan fingerprint density at radius 2 is 2.12 bits per heavy atom. The summed E-state index contributed by atoms with van der Waals surface area (Å²) in [7, 11) is 0. The number of halogens is 4. The number of carbonyl (C=O) groups is 1. The van der Waals surface area contributed by atoms with Crippen molar-refractivity contribution in [3.8, 4) is 11.8 Å². The van der Waals surface area contributed by atoms with Gasteiger partial charge in [-0.1, -0.05) is 11.6 Å². The molecule has 4 saturated heterocycles. The van der Waals surface area contributed by atoms with Gasteiger partial charge in [0.05, 0.1) is 36.3 Å². The summed E-state index contributed by atoms with van der Waals surface area (Å²) in [6, 6.07) is -1.50. The first-order chi connectivity index (χ1) is 20.9. The van der Waals surface area contributed by atoms with E-state index in [1.165, 1.54) is 4.90 Å². The largest absolute Gasteiger partial charge is 0.489 e. The lowest BCUT2D eigenvalue weighted by Gasteiger charge is -2.46. The minimum atomic E-state index is -2.64. The van der Waals surface area contributed by atoms with E-state index in [1.807, 2.05) is 4.90 Å². The van der Waals surface area contributed by atoms with Crippen LogP contribution in [-0.2, 0) is 4.74 Å². The zero-order valence-corrected chi connectivity index (χ0v) is 25.2. The summed E-state index contributed by atoms with van der Waals surface area (Å²) in [5.74, 6) is -0.474. The van der Waals surface area contributed by atoms with E-state index in [9.17, 15) is 9.18 Å². The van der Waals surface area contributed by atoms with Gasteiger partial charge in [-0.25, -0.2) is 13.6 Å². The Labute approximate surface area is 256 Å². The molecule has 4 fully saturated rings. The number of nitrogens with zero attached hydrogens (tertiary/aromatic N) is 5. The molecule has 5 aliphatic rings. The fraction of sp³-hybridized carbons (Fsp3) is 0.679. The number of benzene rings is 1. The van der Waals surface area contributed by atoms with Crippen LogP contribution in [0.3, 0.4) is 0 Å². The molecule has 2 aromatic rings. The third-order valence-electron chi connectivity index (χ3n) is 8.59. The molecule has 1 amide bonds. The summed E-state index contributed by atoms with van der Waals surface area (Å²) in [5, 5.41) is 0.161. The number of fused-ring (bicyclic) bond motifs is 6. The van der Waals surface area contributed by atoms with Crippen molar-refractivity contribution in [3.05, 3.63) is 15.3 Å². The summed E-state index contributed by atoms with van der Waals surface area (Å²) in [5.41, 5.74) is -2.53. The third-order valence-corrected chi connectivity index (χ3v) is 9.93. The average molecular weight is 661 g/mol. The predicted octanol–water partition coefficient (Wildman–Crippen LogP) is 5.49. The SMILES string of the molecule is [2H]C1([2H])CC[C@@]2(C([2H])([2H])Oc3nc4c5c(c(Cl)c(Br)c(F)c5n3)OC[C@@H]3[C@@H]5CC[C@H](CN43)N5C(=O)OC(C)(C)C)C[C@@H](F)CN12. The van der Waals surface area contributed by atoms with Crippen LogP contribution in [0.5, 0.6) is 11.8 Å². The summed E-state index contributed by atoms with van der Waals surface area (Å²) in [6.07, 6.45) is -0.777. The molecule has 13 heteroatoms. The molecule has 0 radical (unpaired) electrons. The Bertz CT molecular complexity index is 1600. The Morgan fingerprint density at radius 1 is 1.32 bits per heavy atom. The topological polar surface area (TPSA) is 80.3 Å². The van der Waals surface area contributed by atoms with Gasteiger partial charge in [-0.15, -0.1) is 0 Å². The van der Waals surface area contributed by atoms with Crippen molar-refractivity contribution in [1.82, 2.24) is 19.8 Å². The zero-order valence-electron chi connectivity index (χ0n) is 26.8. The number of piperazine rings is 1. The predicted molar refractivity (Wildman–Crippen MR) is 152 cm³/mol. The Morgan fingerprint density at radius 3 is 2.90 bits per heavy atom. The van der Waals surface area contributed by atoms with E-state index >= 15 is 4.39 Å². The number of rotatable bonds is 3. The first-order valence-corrected chi connectivity index (χ1v) is 15.0. The molecule has 7 rings (SSSR count). The Kier molecular flexibility index (Phi) is 5.49. The van der Waals surface area contributed by atoms with Gasteiger partial charge in [0, 0.05) is 22.3 Å². The van der Waals surface area contributed by atoms with Crippen molar-refractivity contribution in [3.63, 3.8) is 0 Å². The molecule has 1 aromatic heterocycles. The molecule has 0 aliphatic carbocycles. The highest BCUT2D eigenvalue weighted by molar-refractivity contribution is 9.10. The number of ether oxygens (including phenoxy) is 3. The van der Waals surface area contributed by atoms with E-state index in [0.717, 1.165) is 0 Å². The quantitative estimate of drug-likeness (QED) is 0.400. The van der Waals surface area contributed by atoms with Gasteiger partial charge >= 0.3 is 12.1 Å². The van der Waals surface area contributed by atoms with Crippen LogP contribution in [0.4, 0.5) is 19.4 Å². The van der Waals surface area contributed by atoms with Gasteiger partial charge in [-0.2, -0.15) is 9.97 Å². The van der Waals surface area contributed by atoms with Gasteiger partial charge in [-0.05, 0) is 68.9 Å². The first-order valence-electron chi connectivity index (χ1n) is 15.8. The Hall–Kier alpha value is -2.18. The number of carbonyl (C=O) groups excluding carboxylic acids is 1. The minimum Gasteiger partial charge on any atom is -0.489 e. The van der Waals surface area contributed by atoms with Crippen LogP contribution in [0.15, 0.2) is 4.47 Å². The van der Waals surface area contributed by atoms with Gasteiger partial charge in [0.15, 0.2) is 11.6 Å². The van der Waals surface area contributed by atoms with Gasteiger partial charge in [0.2, 0.25) is 0 Å². The van der Waals surface area contributed by atoms with Crippen molar-refractivity contribution >= 4 is 50.3 Å². The van der Waals surface area contributed by atoms with Gasteiger partial charge < -0.3 is 19.1 Å². The molecule has 5 atom stereocenters. The van der Waals surface area contributed by atoms with E-state index in [4.69, 9.17) is 31.3 Å². The van der Waals surface area contributed by atoms with Gasteiger partial charge in [0.25, 0.3) is 0 Å². The lowest BCUT2D eigenvalue weighted by molar-refractivity contribution is 0.00545. The highest BCUT2D eigenvalue weighted by atomic mass is 79.9.